The number of carbonyl (C=O) groups is 1. The van der Waals surface area contributed by atoms with Gasteiger partial charge < -0.3 is 4.90 Å². The molecule has 0 amide bonds. The van der Waals surface area contributed by atoms with Crippen molar-refractivity contribution >= 4 is 17.2 Å². The number of hydrogen-bond donors (Lipinski definition) is 0. The van der Waals surface area contributed by atoms with E-state index in [4.69, 9.17) is 0 Å². The number of benzene rings is 2. The Morgan fingerprint density at radius 1 is 1.00 bits per heavy atom. The summed E-state index contributed by atoms with van der Waals surface area (Å²) in [4.78, 5) is 13.7. The third-order valence-electron chi connectivity index (χ3n) is 3.07. The Kier molecular flexibility index (Phi) is 3.47. The highest BCUT2D eigenvalue weighted by atomic mass is 16.1. The molecule has 18 heavy (non-hydrogen) atoms. The Morgan fingerprint density at radius 2 is 1.61 bits per heavy atom. The molecule has 92 valence electrons. The number of ketones is 1. The molecule has 2 rings (SSSR count). The number of Topliss-reactive ketones (excluding diaryl/α,β-unsaturated/α-hetero) is 1. The maximum absolute atomic E-state index is 11.6. The molecule has 0 aliphatic rings. The van der Waals surface area contributed by atoms with Crippen molar-refractivity contribution in [2.24, 2.45) is 0 Å². The first-order valence-corrected chi connectivity index (χ1v) is 6.00. The summed E-state index contributed by atoms with van der Waals surface area (Å²) in [5.41, 5.74) is 4.00. The van der Waals surface area contributed by atoms with Gasteiger partial charge in [-0.15, -0.1) is 0 Å². The van der Waals surface area contributed by atoms with Crippen LogP contribution in [0.1, 0.15) is 22.8 Å². The minimum absolute atomic E-state index is 0.0876. The average Bonchev–Trinajstić information content (AvgIpc) is 2.39. The van der Waals surface area contributed by atoms with Gasteiger partial charge in [0, 0.05) is 18.3 Å². The van der Waals surface area contributed by atoms with Crippen LogP contribution in [0, 0.1) is 6.92 Å². The van der Waals surface area contributed by atoms with Gasteiger partial charge in [-0.1, -0.05) is 29.8 Å². The Morgan fingerprint density at radius 3 is 2.22 bits per heavy atom. The number of hydrogen-bond acceptors (Lipinski definition) is 2. The number of nitrogens with zero attached hydrogens (tertiary/aromatic N) is 1. The fourth-order valence-electron chi connectivity index (χ4n) is 1.97. The van der Waals surface area contributed by atoms with E-state index in [-0.39, 0.29) is 5.78 Å². The monoisotopic (exact) mass is 239 g/mol. The molecular formula is C16H17NO. The molecule has 0 fully saturated rings. The fourth-order valence-corrected chi connectivity index (χ4v) is 1.97. The van der Waals surface area contributed by atoms with Crippen LogP contribution < -0.4 is 4.90 Å². The fraction of sp³-hybridized carbons (Fsp3) is 0.188. The van der Waals surface area contributed by atoms with Gasteiger partial charge in [0.05, 0.1) is 5.69 Å². The summed E-state index contributed by atoms with van der Waals surface area (Å²) in [6.07, 6.45) is 0. The molecule has 0 saturated heterocycles. The molecule has 0 N–H and O–H groups in total. The molecule has 2 aromatic rings. The third-order valence-corrected chi connectivity index (χ3v) is 3.07. The maximum Gasteiger partial charge on any atom is 0.161 e. The van der Waals surface area contributed by atoms with Crippen molar-refractivity contribution in [1.82, 2.24) is 0 Å². The van der Waals surface area contributed by atoms with Crippen LogP contribution in [0.2, 0.25) is 0 Å². The quantitative estimate of drug-likeness (QED) is 0.755. The van der Waals surface area contributed by atoms with Gasteiger partial charge in [0.1, 0.15) is 0 Å². The molecule has 0 heterocycles. The Balaban J connectivity index is 2.42. The number of aryl methyl sites for hydroxylation is 1. The predicted molar refractivity (Wildman–Crippen MR) is 75.7 cm³/mol. The van der Waals surface area contributed by atoms with Crippen LogP contribution in [0.15, 0.2) is 48.5 Å². The van der Waals surface area contributed by atoms with Crippen LogP contribution >= 0.6 is 0 Å². The van der Waals surface area contributed by atoms with Gasteiger partial charge in [-0.25, -0.2) is 0 Å². The number of carbonyl (C=O) groups excluding carboxylic acids is 1. The summed E-state index contributed by atoms with van der Waals surface area (Å²) in [5.74, 6) is 0.0876. The molecule has 2 heteroatoms. The molecule has 0 aliphatic carbocycles. The summed E-state index contributed by atoms with van der Waals surface area (Å²) in [5, 5.41) is 0. The molecule has 0 spiro atoms. The molecule has 0 saturated carbocycles. The Bertz CT molecular complexity index is 558. The smallest absolute Gasteiger partial charge is 0.161 e. The second-order valence-electron chi connectivity index (χ2n) is 4.47. The van der Waals surface area contributed by atoms with Crippen molar-refractivity contribution in [3.8, 4) is 0 Å². The minimum atomic E-state index is 0.0876. The van der Waals surface area contributed by atoms with Crippen molar-refractivity contribution < 1.29 is 4.79 Å². The SMILES string of the molecule is CC(=O)c1ccccc1N(C)c1ccc(C)cc1. The standard InChI is InChI=1S/C16H17NO/c1-12-8-10-14(11-9-12)17(3)16-7-5-4-6-15(16)13(2)18/h4-11H,1-3H3. The van der Waals surface area contributed by atoms with E-state index in [1.807, 2.05) is 36.2 Å². The van der Waals surface area contributed by atoms with E-state index in [0.717, 1.165) is 16.9 Å². The second kappa shape index (κ2) is 5.05. The molecule has 0 radical (unpaired) electrons. The zero-order valence-electron chi connectivity index (χ0n) is 11.0. The first-order chi connectivity index (χ1) is 8.59. The molecule has 0 aliphatic heterocycles. The predicted octanol–water partition coefficient (Wildman–Crippen LogP) is 3.97. The normalized spacial score (nSPS) is 10.2. The largest absolute Gasteiger partial charge is 0.344 e. The lowest BCUT2D eigenvalue weighted by atomic mass is 10.1. The molecular weight excluding hydrogens is 222 g/mol. The van der Waals surface area contributed by atoms with E-state index in [1.165, 1.54) is 5.56 Å². The molecule has 0 atom stereocenters. The van der Waals surface area contributed by atoms with E-state index in [1.54, 1.807) is 6.92 Å². The summed E-state index contributed by atoms with van der Waals surface area (Å²) in [6.45, 7) is 3.66. The van der Waals surface area contributed by atoms with Crippen molar-refractivity contribution in [2.45, 2.75) is 13.8 Å². The maximum atomic E-state index is 11.6. The van der Waals surface area contributed by atoms with Gasteiger partial charge in [0.25, 0.3) is 0 Å². The van der Waals surface area contributed by atoms with E-state index in [9.17, 15) is 4.79 Å². The van der Waals surface area contributed by atoms with E-state index < -0.39 is 0 Å². The van der Waals surface area contributed by atoms with Crippen molar-refractivity contribution in [1.29, 1.82) is 0 Å². The lowest BCUT2D eigenvalue weighted by Gasteiger charge is -2.22. The van der Waals surface area contributed by atoms with E-state index in [2.05, 4.69) is 31.2 Å². The van der Waals surface area contributed by atoms with Gasteiger partial charge in [0.15, 0.2) is 5.78 Å². The summed E-state index contributed by atoms with van der Waals surface area (Å²) in [6, 6.07) is 15.9. The van der Waals surface area contributed by atoms with Gasteiger partial charge >= 0.3 is 0 Å². The highest BCUT2D eigenvalue weighted by molar-refractivity contribution is 6.00. The minimum Gasteiger partial charge on any atom is -0.344 e. The van der Waals surface area contributed by atoms with Crippen molar-refractivity contribution in [2.75, 3.05) is 11.9 Å². The first-order valence-electron chi connectivity index (χ1n) is 6.00. The van der Waals surface area contributed by atoms with Crippen molar-refractivity contribution in [3.05, 3.63) is 59.7 Å². The number of rotatable bonds is 3. The highest BCUT2D eigenvalue weighted by Crippen LogP contribution is 2.27. The summed E-state index contributed by atoms with van der Waals surface area (Å²) >= 11 is 0. The Hall–Kier alpha value is -2.09. The summed E-state index contributed by atoms with van der Waals surface area (Å²) in [7, 11) is 1.98. The van der Waals surface area contributed by atoms with Crippen LogP contribution in [0.25, 0.3) is 0 Å². The van der Waals surface area contributed by atoms with E-state index in [0.29, 0.717) is 0 Å². The number of para-hydroxylation sites is 1. The lowest BCUT2D eigenvalue weighted by molar-refractivity contribution is 0.101. The van der Waals surface area contributed by atoms with Crippen molar-refractivity contribution in [3.63, 3.8) is 0 Å². The highest BCUT2D eigenvalue weighted by Gasteiger charge is 2.11. The Labute approximate surface area is 108 Å². The second-order valence-corrected chi connectivity index (χ2v) is 4.47. The zero-order chi connectivity index (χ0) is 13.1. The van der Waals surface area contributed by atoms with Crippen LogP contribution in [0.4, 0.5) is 11.4 Å². The van der Waals surface area contributed by atoms with Crippen LogP contribution in [0.3, 0.4) is 0 Å². The van der Waals surface area contributed by atoms with Crippen LogP contribution in [-0.2, 0) is 0 Å². The lowest BCUT2D eigenvalue weighted by Crippen LogP contribution is -2.13. The number of anilines is 2. The van der Waals surface area contributed by atoms with Gasteiger partial charge in [0.2, 0.25) is 0 Å². The molecule has 0 aromatic heterocycles. The van der Waals surface area contributed by atoms with Crippen LogP contribution in [0.5, 0.6) is 0 Å². The van der Waals surface area contributed by atoms with Gasteiger partial charge in [-0.05, 0) is 38.1 Å². The third kappa shape index (κ3) is 2.43. The van der Waals surface area contributed by atoms with Crippen LogP contribution in [-0.4, -0.2) is 12.8 Å². The van der Waals surface area contributed by atoms with Gasteiger partial charge in [-0.3, -0.25) is 4.79 Å². The molecule has 0 unspecified atom stereocenters. The topological polar surface area (TPSA) is 20.3 Å². The van der Waals surface area contributed by atoms with E-state index >= 15 is 0 Å². The zero-order valence-corrected chi connectivity index (χ0v) is 11.0. The molecule has 2 nitrogen and oxygen atoms in total. The first kappa shape index (κ1) is 12.4. The molecule has 0 bridgehead atoms. The summed E-state index contributed by atoms with van der Waals surface area (Å²) < 4.78 is 0. The molecule has 2 aromatic carbocycles. The average molecular weight is 239 g/mol. The van der Waals surface area contributed by atoms with Gasteiger partial charge in [-0.2, -0.15) is 0 Å².